The number of halogens is 1. The predicted octanol–water partition coefficient (Wildman–Crippen LogP) is 1.78. The van der Waals surface area contributed by atoms with Crippen LogP contribution in [-0.2, 0) is 9.59 Å². The van der Waals surface area contributed by atoms with Crippen molar-refractivity contribution >= 4 is 17.5 Å². The van der Waals surface area contributed by atoms with Gasteiger partial charge in [0.1, 0.15) is 5.82 Å². The Morgan fingerprint density at radius 3 is 2.39 bits per heavy atom. The van der Waals surface area contributed by atoms with Crippen LogP contribution in [-0.4, -0.2) is 49.4 Å². The van der Waals surface area contributed by atoms with Crippen LogP contribution in [0, 0.1) is 5.82 Å². The summed E-state index contributed by atoms with van der Waals surface area (Å²) in [5.74, 6) is -0.361. The maximum absolute atomic E-state index is 12.9. The minimum Gasteiger partial charge on any atom is -0.368 e. The molecule has 0 bridgehead atoms. The van der Waals surface area contributed by atoms with Gasteiger partial charge in [0.25, 0.3) is 0 Å². The van der Waals surface area contributed by atoms with E-state index in [1.165, 1.54) is 12.1 Å². The van der Waals surface area contributed by atoms with E-state index in [1.54, 1.807) is 17.0 Å². The Morgan fingerprint density at radius 2 is 1.78 bits per heavy atom. The average Bonchev–Trinajstić information content (AvgIpc) is 2.58. The Morgan fingerprint density at radius 1 is 1.13 bits per heavy atom. The highest BCUT2D eigenvalue weighted by atomic mass is 19.1. The molecule has 1 aromatic carbocycles. The summed E-state index contributed by atoms with van der Waals surface area (Å²) in [4.78, 5) is 27.5. The highest BCUT2D eigenvalue weighted by Crippen LogP contribution is 2.16. The number of benzene rings is 1. The van der Waals surface area contributed by atoms with E-state index in [1.807, 2.05) is 6.92 Å². The molecule has 1 fully saturated rings. The number of hydrogen-bond acceptors (Lipinski definition) is 3. The first kappa shape index (κ1) is 17.2. The summed E-state index contributed by atoms with van der Waals surface area (Å²) < 4.78 is 12.9. The first-order valence-corrected chi connectivity index (χ1v) is 8.15. The maximum Gasteiger partial charge on any atom is 0.242 e. The van der Waals surface area contributed by atoms with E-state index in [4.69, 9.17) is 0 Å². The fourth-order valence-corrected chi connectivity index (χ4v) is 2.58. The molecule has 5 nitrogen and oxygen atoms in total. The van der Waals surface area contributed by atoms with Gasteiger partial charge < -0.3 is 15.1 Å². The number of nitrogens with one attached hydrogen (secondary N) is 1. The molecule has 0 spiro atoms. The lowest BCUT2D eigenvalue weighted by molar-refractivity contribution is -0.133. The number of amides is 2. The van der Waals surface area contributed by atoms with Crippen LogP contribution in [0.25, 0.3) is 0 Å². The molecule has 1 saturated heterocycles. The van der Waals surface area contributed by atoms with Crippen LogP contribution in [0.15, 0.2) is 24.3 Å². The third-order valence-electron chi connectivity index (χ3n) is 4.02. The molecule has 2 rings (SSSR count). The molecule has 0 saturated carbocycles. The van der Waals surface area contributed by atoms with Crippen LogP contribution < -0.4 is 10.2 Å². The molecular formula is C17H24FN3O2. The number of unbranched alkanes of at least 4 members (excludes halogenated alkanes) is 1. The molecule has 0 atom stereocenters. The Hall–Kier alpha value is -2.11. The second kappa shape index (κ2) is 8.50. The van der Waals surface area contributed by atoms with Crippen LogP contribution in [0.4, 0.5) is 10.1 Å². The number of carbonyl (C=O) groups is 2. The highest BCUT2D eigenvalue weighted by Gasteiger charge is 2.21. The van der Waals surface area contributed by atoms with Gasteiger partial charge >= 0.3 is 0 Å². The van der Waals surface area contributed by atoms with Gasteiger partial charge in [-0.3, -0.25) is 9.59 Å². The van der Waals surface area contributed by atoms with Crippen molar-refractivity contribution in [1.29, 1.82) is 0 Å². The van der Waals surface area contributed by atoms with Gasteiger partial charge in [-0.05, 0) is 30.7 Å². The molecule has 0 radical (unpaired) electrons. The summed E-state index contributed by atoms with van der Waals surface area (Å²) in [6, 6.07) is 6.39. The normalized spacial score (nSPS) is 14.7. The lowest BCUT2D eigenvalue weighted by atomic mass is 10.2. The average molecular weight is 321 g/mol. The zero-order valence-corrected chi connectivity index (χ0v) is 13.6. The number of anilines is 1. The van der Waals surface area contributed by atoms with E-state index < -0.39 is 0 Å². The van der Waals surface area contributed by atoms with Crippen LogP contribution in [0.3, 0.4) is 0 Å². The van der Waals surface area contributed by atoms with Gasteiger partial charge in [0.2, 0.25) is 11.8 Å². The largest absolute Gasteiger partial charge is 0.368 e. The van der Waals surface area contributed by atoms with Gasteiger partial charge in [-0.2, -0.15) is 0 Å². The molecule has 1 aliphatic rings. The van der Waals surface area contributed by atoms with Crippen molar-refractivity contribution in [2.24, 2.45) is 0 Å². The summed E-state index contributed by atoms with van der Waals surface area (Å²) in [7, 11) is 0. The molecule has 0 aromatic heterocycles. The van der Waals surface area contributed by atoms with E-state index in [9.17, 15) is 14.0 Å². The molecule has 1 heterocycles. The van der Waals surface area contributed by atoms with Gasteiger partial charge in [0.05, 0.1) is 6.54 Å². The smallest absolute Gasteiger partial charge is 0.242 e. The molecular weight excluding hydrogens is 297 g/mol. The molecule has 0 unspecified atom stereocenters. The van der Waals surface area contributed by atoms with Crippen molar-refractivity contribution in [1.82, 2.24) is 10.2 Å². The molecule has 0 aliphatic carbocycles. The lowest BCUT2D eigenvalue weighted by Gasteiger charge is -2.36. The van der Waals surface area contributed by atoms with Crippen molar-refractivity contribution in [3.63, 3.8) is 0 Å². The van der Waals surface area contributed by atoms with Crippen LogP contribution in [0.5, 0.6) is 0 Å². The molecule has 2 amide bonds. The fourth-order valence-electron chi connectivity index (χ4n) is 2.58. The van der Waals surface area contributed by atoms with E-state index in [-0.39, 0.29) is 24.2 Å². The number of hydrogen-bond donors (Lipinski definition) is 1. The summed E-state index contributed by atoms with van der Waals surface area (Å²) in [5.41, 5.74) is 0.964. The topological polar surface area (TPSA) is 52.7 Å². The van der Waals surface area contributed by atoms with Gasteiger partial charge in [0.15, 0.2) is 0 Å². The standard InChI is InChI=1S/C17H24FN3O2/c1-2-3-4-16(22)19-13-17(23)21-11-9-20(10-12-21)15-7-5-14(18)6-8-15/h5-8H,2-4,9-13H2,1H3,(H,19,22). The van der Waals surface area contributed by atoms with E-state index in [0.29, 0.717) is 32.6 Å². The molecule has 126 valence electrons. The van der Waals surface area contributed by atoms with Crippen molar-refractivity contribution in [3.8, 4) is 0 Å². The quantitative estimate of drug-likeness (QED) is 0.869. The molecule has 1 aromatic rings. The fraction of sp³-hybridized carbons (Fsp3) is 0.529. The monoisotopic (exact) mass is 321 g/mol. The third kappa shape index (κ3) is 5.23. The second-order valence-corrected chi connectivity index (χ2v) is 5.72. The summed E-state index contributed by atoms with van der Waals surface area (Å²) in [6.45, 7) is 4.74. The van der Waals surface area contributed by atoms with Crippen LogP contribution in [0.2, 0.25) is 0 Å². The van der Waals surface area contributed by atoms with Gasteiger partial charge in [-0.1, -0.05) is 13.3 Å². The number of nitrogens with zero attached hydrogens (tertiary/aromatic N) is 2. The van der Waals surface area contributed by atoms with E-state index in [0.717, 1.165) is 18.5 Å². The van der Waals surface area contributed by atoms with Crippen LogP contribution in [0.1, 0.15) is 26.2 Å². The number of rotatable bonds is 6. The van der Waals surface area contributed by atoms with Gasteiger partial charge in [-0.15, -0.1) is 0 Å². The first-order valence-electron chi connectivity index (χ1n) is 8.15. The van der Waals surface area contributed by atoms with E-state index in [2.05, 4.69) is 10.2 Å². The van der Waals surface area contributed by atoms with Crippen molar-refractivity contribution in [3.05, 3.63) is 30.1 Å². The second-order valence-electron chi connectivity index (χ2n) is 5.72. The highest BCUT2D eigenvalue weighted by molar-refractivity contribution is 5.84. The van der Waals surface area contributed by atoms with Gasteiger partial charge in [0, 0.05) is 38.3 Å². The minimum atomic E-state index is -0.249. The summed E-state index contributed by atoms with van der Waals surface area (Å²) in [6.07, 6.45) is 2.28. The summed E-state index contributed by atoms with van der Waals surface area (Å²) >= 11 is 0. The Kier molecular flexibility index (Phi) is 6.38. The Labute approximate surface area is 136 Å². The zero-order chi connectivity index (χ0) is 16.7. The zero-order valence-electron chi connectivity index (χ0n) is 13.6. The number of carbonyl (C=O) groups excluding carboxylic acids is 2. The van der Waals surface area contributed by atoms with Crippen molar-refractivity contribution < 1.29 is 14.0 Å². The Balaban J connectivity index is 1.74. The molecule has 23 heavy (non-hydrogen) atoms. The Bertz CT molecular complexity index is 525. The molecule has 1 N–H and O–H groups in total. The third-order valence-corrected chi connectivity index (χ3v) is 4.02. The number of piperazine rings is 1. The maximum atomic E-state index is 12.9. The minimum absolute atomic E-state index is 0.0476. The predicted molar refractivity (Wildman–Crippen MR) is 87.7 cm³/mol. The van der Waals surface area contributed by atoms with Gasteiger partial charge in [-0.25, -0.2) is 4.39 Å². The van der Waals surface area contributed by atoms with Crippen molar-refractivity contribution in [2.45, 2.75) is 26.2 Å². The van der Waals surface area contributed by atoms with E-state index >= 15 is 0 Å². The molecule has 6 heteroatoms. The van der Waals surface area contributed by atoms with Crippen molar-refractivity contribution in [2.75, 3.05) is 37.6 Å². The SMILES string of the molecule is CCCCC(=O)NCC(=O)N1CCN(c2ccc(F)cc2)CC1. The first-order chi connectivity index (χ1) is 11.1. The van der Waals surface area contributed by atoms with Crippen LogP contribution >= 0.6 is 0 Å². The summed E-state index contributed by atoms with van der Waals surface area (Å²) in [5, 5.41) is 2.68. The lowest BCUT2D eigenvalue weighted by Crippen LogP contribution is -2.51. The molecule has 1 aliphatic heterocycles.